The van der Waals surface area contributed by atoms with Gasteiger partial charge in [-0.2, -0.15) is 0 Å². The van der Waals surface area contributed by atoms with Crippen LogP contribution >= 0.6 is 0 Å². The van der Waals surface area contributed by atoms with Crippen LogP contribution in [0.1, 0.15) is 18.9 Å². The van der Waals surface area contributed by atoms with Gasteiger partial charge in [-0.15, -0.1) is 0 Å². The molecule has 1 aliphatic rings. The Labute approximate surface area is 85.9 Å². The van der Waals surface area contributed by atoms with E-state index in [4.69, 9.17) is 0 Å². The van der Waals surface area contributed by atoms with Gasteiger partial charge in [-0.3, -0.25) is 0 Å². The molecule has 0 aliphatic carbocycles. The van der Waals surface area contributed by atoms with Crippen molar-refractivity contribution in [2.45, 2.75) is 19.8 Å². The van der Waals surface area contributed by atoms with Gasteiger partial charge < -0.3 is 10.2 Å². The summed E-state index contributed by atoms with van der Waals surface area (Å²) in [5.74, 6) is 0. The van der Waals surface area contributed by atoms with Crippen molar-refractivity contribution in [3.8, 4) is 0 Å². The first-order valence-corrected chi connectivity index (χ1v) is 5.39. The van der Waals surface area contributed by atoms with E-state index in [9.17, 15) is 0 Å². The van der Waals surface area contributed by atoms with E-state index in [1.807, 2.05) is 0 Å². The number of anilines is 2. The quantitative estimate of drug-likeness (QED) is 0.770. The molecule has 1 N–H and O–H groups in total. The number of hydrogen-bond donors (Lipinski definition) is 1. The zero-order valence-corrected chi connectivity index (χ0v) is 9.01. The van der Waals surface area contributed by atoms with Crippen LogP contribution in [0.3, 0.4) is 0 Å². The first kappa shape index (κ1) is 9.38. The van der Waals surface area contributed by atoms with Crippen LogP contribution in [0.25, 0.3) is 0 Å². The monoisotopic (exact) mass is 190 g/mol. The van der Waals surface area contributed by atoms with Crippen LogP contribution in [-0.2, 0) is 6.42 Å². The second kappa shape index (κ2) is 3.91. The highest BCUT2D eigenvalue weighted by Crippen LogP contribution is 2.28. The third-order valence-electron chi connectivity index (χ3n) is 2.81. The number of nitrogens with one attached hydrogen (secondary N) is 1. The molecule has 2 rings (SSSR count). The van der Waals surface area contributed by atoms with Crippen molar-refractivity contribution in [2.75, 3.05) is 30.4 Å². The molecule has 0 radical (unpaired) electrons. The Hall–Kier alpha value is -1.18. The molecule has 14 heavy (non-hydrogen) atoms. The van der Waals surface area contributed by atoms with E-state index >= 15 is 0 Å². The molecule has 76 valence electrons. The molecule has 0 fully saturated rings. The highest BCUT2D eigenvalue weighted by atomic mass is 15.1. The lowest BCUT2D eigenvalue weighted by Gasteiger charge is -2.27. The van der Waals surface area contributed by atoms with Crippen LogP contribution in [0.5, 0.6) is 0 Å². The molecule has 0 bridgehead atoms. The van der Waals surface area contributed by atoms with Gasteiger partial charge in [-0.1, -0.05) is 0 Å². The molecule has 0 aromatic heterocycles. The number of aryl methyl sites for hydroxylation is 1. The molecule has 1 aromatic carbocycles. The van der Waals surface area contributed by atoms with Crippen LogP contribution in [0.15, 0.2) is 18.2 Å². The third-order valence-corrected chi connectivity index (χ3v) is 2.81. The van der Waals surface area contributed by atoms with E-state index < -0.39 is 0 Å². The topological polar surface area (TPSA) is 15.3 Å². The van der Waals surface area contributed by atoms with Crippen molar-refractivity contribution in [1.29, 1.82) is 0 Å². The van der Waals surface area contributed by atoms with Crippen molar-refractivity contribution in [3.05, 3.63) is 23.8 Å². The summed E-state index contributed by atoms with van der Waals surface area (Å²) < 4.78 is 0. The van der Waals surface area contributed by atoms with E-state index in [2.05, 4.69) is 42.4 Å². The van der Waals surface area contributed by atoms with Crippen molar-refractivity contribution in [2.24, 2.45) is 0 Å². The van der Waals surface area contributed by atoms with E-state index in [1.165, 1.54) is 36.3 Å². The molecule has 2 heteroatoms. The number of benzene rings is 1. The molecule has 0 atom stereocenters. The smallest absolute Gasteiger partial charge is 0.0397 e. The lowest BCUT2D eigenvalue weighted by atomic mass is 10.0. The Balaban J connectivity index is 2.29. The normalized spacial score (nSPS) is 15.1. The molecule has 1 heterocycles. The Morgan fingerprint density at radius 1 is 1.43 bits per heavy atom. The first-order chi connectivity index (χ1) is 6.81. The summed E-state index contributed by atoms with van der Waals surface area (Å²) in [4.78, 5) is 2.34. The number of hydrogen-bond acceptors (Lipinski definition) is 2. The second-order valence-corrected chi connectivity index (χ2v) is 3.90. The maximum atomic E-state index is 3.35. The predicted molar refractivity (Wildman–Crippen MR) is 62.2 cm³/mol. The van der Waals surface area contributed by atoms with Gasteiger partial charge >= 0.3 is 0 Å². The van der Waals surface area contributed by atoms with Gasteiger partial charge in [0.1, 0.15) is 0 Å². The standard InChI is InChI=1S/C12H18N2/c1-3-13-11-6-7-12-10(9-11)5-4-8-14(12)2/h6-7,9,13H,3-5,8H2,1-2H3. The van der Waals surface area contributed by atoms with Gasteiger partial charge in [0.25, 0.3) is 0 Å². The largest absolute Gasteiger partial charge is 0.385 e. The van der Waals surface area contributed by atoms with Crippen molar-refractivity contribution in [1.82, 2.24) is 0 Å². The minimum Gasteiger partial charge on any atom is -0.385 e. The fourth-order valence-electron chi connectivity index (χ4n) is 2.10. The van der Waals surface area contributed by atoms with E-state index in [0.29, 0.717) is 0 Å². The summed E-state index contributed by atoms with van der Waals surface area (Å²) in [6.45, 7) is 4.31. The average molecular weight is 190 g/mol. The highest BCUT2D eigenvalue weighted by molar-refractivity contribution is 5.61. The second-order valence-electron chi connectivity index (χ2n) is 3.90. The fourth-order valence-corrected chi connectivity index (χ4v) is 2.10. The number of fused-ring (bicyclic) bond motifs is 1. The zero-order chi connectivity index (χ0) is 9.97. The molecule has 1 aromatic rings. The van der Waals surface area contributed by atoms with Gasteiger partial charge in [0.15, 0.2) is 0 Å². The molecular weight excluding hydrogens is 172 g/mol. The maximum absolute atomic E-state index is 3.35. The molecule has 0 amide bonds. The first-order valence-electron chi connectivity index (χ1n) is 5.39. The molecule has 0 saturated heterocycles. The fraction of sp³-hybridized carbons (Fsp3) is 0.500. The maximum Gasteiger partial charge on any atom is 0.0397 e. The van der Waals surface area contributed by atoms with E-state index in [0.717, 1.165) is 6.54 Å². The molecule has 0 spiro atoms. The van der Waals surface area contributed by atoms with Crippen molar-refractivity contribution < 1.29 is 0 Å². The minimum atomic E-state index is 0.995. The Morgan fingerprint density at radius 3 is 3.07 bits per heavy atom. The van der Waals surface area contributed by atoms with Crippen molar-refractivity contribution in [3.63, 3.8) is 0 Å². The van der Waals surface area contributed by atoms with Gasteiger partial charge in [-0.25, -0.2) is 0 Å². The van der Waals surface area contributed by atoms with Crippen LogP contribution in [0.4, 0.5) is 11.4 Å². The summed E-state index contributed by atoms with van der Waals surface area (Å²) in [7, 11) is 2.17. The molecule has 2 nitrogen and oxygen atoms in total. The average Bonchev–Trinajstić information content (AvgIpc) is 2.18. The summed E-state index contributed by atoms with van der Waals surface area (Å²) >= 11 is 0. The van der Waals surface area contributed by atoms with Gasteiger partial charge in [0.05, 0.1) is 0 Å². The number of rotatable bonds is 2. The van der Waals surface area contributed by atoms with Crippen molar-refractivity contribution >= 4 is 11.4 Å². The molecule has 1 aliphatic heterocycles. The summed E-state index contributed by atoms with van der Waals surface area (Å²) in [6.07, 6.45) is 2.50. The van der Waals surface area contributed by atoms with Crippen LogP contribution in [0, 0.1) is 0 Å². The lowest BCUT2D eigenvalue weighted by molar-refractivity contribution is 0.744. The van der Waals surface area contributed by atoms with Crippen LogP contribution < -0.4 is 10.2 Å². The van der Waals surface area contributed by atoms with E-state index in [-0.39, 0.29) is 0 Å². The summed E-state index contributed by atoms with van der Waals surface area (Å²) in [5.41, 5.74) is 4.14. The summed E-state index contributed by atoms with van der Waals surface area (Å²) in [5, 5.41) is 3.35. The summed E-state index contributed by atoms with van der Waals surface area (Å²) in [6, 6.07) is 6.69. The SMILES string of the molecule is CCNc1ccc2c(c1)CCCN2C. The molecular formula is C12H18N2. The van der Waals surface area contributed by atoms with E-state index in [1.54, 1.807) is 0 Å². The zero-order valence-electron chi connectivity index (χ0n) is 9.01. The Kier molecular flexibility index (Phi) is 2.62. The Bertz CT molecular complexity index is 320. The molecule has 0 unspecified atom stereocenters. The Morgan fingerprint density at radius 2 is 2.29 bits per heavy atom. The highest BCUT2D eigenvalue weighted by Gasteiger charge is 2.13. The minimum absolute atomic E-state index is 0.995. The third kappa shape index (κ3) is 1.69. The van der Waals surface area contributed by atoms with Gasteiger partial charge in [-0.05, 0) is 43.5 Å². The van der Waals surface area contributed by atoms with Crippen LogP contribution in [-0.4, -0.2) is 20.1 Å². The number of nitrogens with zero attached hydrogens (tertiary/aromatic N) is 1. The lowest BCUT2D eigenvalue weighted by Crippen LogP contribution is -2.24. The predicted octanol–water partition coefficient (Wildman–Crippen LogP) is 2.50. The molecule has 0 saturated carbocycles. The van der Waals surface area contributed by atoms with Gasteiger partial charge in [0.2, 0.25) is 0 Å². The van der Waals surface area contributed by atoms with Crippen LogP contribution in [0.2, 0.25) is 0 Å². The van der Waals surface area contributed by atoms with Gasteiger partial charge in [0, 0.05) is 31.5 Å².